The monoisotopic (exact) mass is 425 g/mol. The van der Waals surface area contributed by atoms with Gasteiger partial charge in [-0.2, -0.15) is 13.2 Å². The van der Waals surface area contributed by atoms with Crippen molar-refractivity contribution in [2.24, 2.45) is 5.92 Å². The highest BCUT2D eigenvalue weighted by Gasteiger charge is 2.55. The van der Waals surface area contributed by atoms with Crippen LogP contribution in [0.3, 0.4) is 0 Å². The molecule has 0 bridgehead atoms. The van der Waals surface area contributed by atoms with E-state index in [1.165, 1.54) is 17.0 Å². The molecule has 0 unspecified atom stereocenters. The van der Waals surface area contributed by atoms with Crippen LogP contribution in [0.25, 0.3) is 0 Å². The molecule has 1 saturated carbocycles. The Morgan fingerprint density at radius 2 is 1.93 bits per heavy atom. The van der Waals surface area contributed by atoms with E-state index in [0.717, 1.165) is 30.2 Å². The molecule has 0 aromatic heterocycles. The van der Waals surface area contributed by atoms with Gasteiger partial charge in [0.15, 0.2) is 6.67 Å². The number of nitrogens with one attached hydrogen (secondary N) is 2. The Hall–Kier alpha value is -2.29. The standard InChI is InChI=1S/C21H27F3N4O2/c1-15-5-2-3-8-20(15)18(29)28(19(30)25-20)14-26-9-11-27(12-10-26)17-7-4-6-16(13-17)21(22,23)24/h4,6-7,13,15H,2-3,5,8-12,14H2,1H3,(H,25,30)/p+1/t15-,20+/m0/s1. The first-order chi connectivity index (χ1) is 14.2. The summed E-state index contributed by atoms with van der Waals surface area (Å²) in [7, 11) is 0. The minimum absolute atomic E-state index is 0.118. The molecule has 3 aliphatic rings. The lowest BCUT2D eigenvalue weighted by Crippen LogP contribution is -3.16. The number of halogens is 3. The van der Waals surface area contributed by atoms with Crippen LogP contribution in [0.4, 0.5) is 23.7 Å². The van der Waals surface area contributed by atoms with Crippen LogP contribution < -0.4 is 15.1 Å². The second-order valence-corrected chi connectivity index (χ2v) is 8.72. The summed E-state index contributed by atoms with van der Waals surface area (Å²) in [6.45, 7) is 4.77. The molecule has 1 aromatic rings. The molecule has 0 radical (unpaired) electrons. The first-order valence-electron chi connectivity index (χ1n) is 10.6. The maximum atomic E-state index is 13.1. The van der Waals surface area contributed by atoms with Crippen molar-refractivity contribution in [1.29, 1.82) is 0 Å². The van der Waals surface area contributed by atoms with Gasteiger partial charge in [-0.1, -0.05) is 25.8 Å². The van der Waals surface area contributed by atoms with Gasteiger partial charge < -0.3 is 15.1 Å². The highest BCUT2D eigenvalue weighted by Crippen LogP contribution is 2.38. The molecule has 4 rings (SSSR count). The van der Waals surface area contributed by atoms with Crippen molar-refractivity contribution in [3.63, 3.8) is 0 Å². The number of carbonyl (C=O) groups excluding carboxylic acids is 2. The highest BCUT2D eigenvalue weighted by molar-refractivity contribution is 6.07. The number of alkyl halides is 3. The van der Waals surface area contributed by atoms with Crippen LogP contribution in [-0.2, 0) is 11.0 Å². The van der Waals surface area contributed by atoms with E-state index in [9.17, 15) is 22.8 Å². The molecule has 30 heavy (non-hydrogen) atoms. The van der Waals surface area contributed by atoms with Gasteiger partial charge in [-0.05, 0) is 37.0 Å². The summed E-state index contributed by atoms with van der Waals surface area (Å²) in [4.78, 5) is 30.0. The average molecular weight is 425 g/mol. The SMILES string of the molecule is C[C@H]1CCCC[C@@]12NC(=O)N(C[NH+]1CCN(c3cccc(C(F)(F)F)c3)CC1)C2=O. The predicted octanol–water partition coefficient (Wildman–Crippen LogP) is 1.87. The molecule has 2 atom stereocenters. The molecule has 3 fully saturated rings. The van der Waals surface area contributed by atoms with Crippen molar-refractivity contribution >= 4 is 17.6 Å². The molecule has 3 amide bonds. The van der Waals surface area contributed by atoms with Crippen molar-refractivity contribution in [2.75, 3.05) is 37.7 Å². The van der Waals surface area contributed by atoms with E-state index in [2.05, 4.69) is 5.32 Å². The van der Waals surface area contributed by atoms with Gasteiger partial charge in [-0.15, -0.1) is 0 Å². The van der Waals surface area contributed by atoms with Crippen LogP contribution in [0.5, 0.6) is 0 Å². The van der Waals surface area contributed by atoms with Crippen LogP contribution in [0.15, 0.2) is 24.3 Å². The molecule has 1 aromatic carbocycles. The third kappa shape index (κ3) is 3.75. The first-order valence-corrected chi connectivity index (χ1v) is 10.6. The summed E-state index contributed by atoms with van der Waals surface area (Å²) < 4.78 is 38.9. The van der Waals surface area contributed by atoms with Gasteiger partial charge in [0.1, 0.15) is 5.54 Å². The number of quaternary nitrogens is 1. The smallest absolute Gasteiger partial charge is 0.360 e. The molecule has 1 spiro atoms. The van der Waals surface area contributed by atoms with Gasteiger partial charge in [-0.3, -0.25) is 4.79 Å². The number of amides is 3. The largest absolute Gasteiger partial charge is 0.416 e. The van der Waals surface area contributed by atoms with Crippen LogP contribution in [0.1, 0.15) is 38.2 Å². The maximum absolute atomic E-state index is 13.1. The Balaban J connectivity index is 1.37. The molecule has 1 aliphatic carbocycles. The Bertz CT molecular complexity index is 823. The summed E-state index contributed by atoms with van der Waals surface area (Å²) in [5.41, 5.74) is -0.857. The van der Waals surface area contributed by atoms with Crippen LogP contribution in [-0.4, -0.2) is 55.2 Å². The number of imide groups is 1. The number of nitrogens with zero attached hydrogens (tertiary/aromatic N) is 2. The lowest BCUT2D eigenvalue weighted by atomic mass is 9.73. The van der Waals surface area contributed by atoms with E-state index in [4.69, 9.17) is 0 Å². The second kappa shape index (κ2) is 7.76. The Morgan fingerprint density at radius 1 is 1.20 bits per heavy atom. The van der Waals surface area contributed by atoms with E-state index >= 15 is 0 Å². The first kappa shape index (κ1) is 21.0. The molecule has 2 N–H and O–H groups in total. The number of benzene rings is 1. The molecule has 164 valence electrons. The number of hydrogen-bond acceptors (Lipinski definition) is 3. The molecule has 2 saturated heterocycles. The van der Waals surface area contributed by atoms with Crippen LogP contribution >= 0.6 is 0 Å². The van der Waals surface area contributed by atoms with E-state index in [1.54, 1.807) is 6.07 Å². The fourth-order valence-electron chi connectivity index (χ4n) is 4.98. The summed E-state index contributed by atoms with van der Waals surface area (Å²) in [6, 6.07) is 5.05. The number of carbonyl (C=O) groups is 2. The van der Waals surface area contributed by atoms with E-state index in [-0.39, 0.29) is 17.9 Å². The number of rotatable bonds is 3. The molecular formula is C21H28F3N4O2+. The number of piperazine rings is 1. The molecule has 2 heterocycles. The summed E-state index contributed by atoms with van der Waals surface area (Å²) in [6.07, 6.45) is -0.726. The van der Waals surface area contributed by atoms with Gasteiger partial charge in [0.05, 0.1) is 31.7 Å². The average Bonchev–Trinajstić information content (AvgIpc) is 2.95. The van der Waals surface area contributed by atoms with E-state index in [0.29, 0.717) is 45.0 Å². The van der Waals surface area contributed by atoms with Crippen molar-refractivity contribution in [2.45, 2.75) is 44.3 Å². The third-order valence-corrected chi connectivity index (χ3v) is 6.89. The van der Waals surface area contributed by atoms with Gasteiger partial charge >= 0.3 is 12.2 Å². The summed E-state index contributed by atoms with van der Waals surface area (Å²) in [5.74, 6) is 0.00737. The fourth-order valence-corrected chi connectivity index (χ4v) is 4.98. The zero-order valence-corrected chi connectivity index (χ0v) is 17.1. The Kier molecular flexibility index (Phi) is 5.42. The van der Waals surface area contributed by atoms with Gasteiger partial charge in [0, 0.05) is 5.69 Å². The second-order valence-electron chi connectivity index (χ2n) is 8.72. The van der Waals surface area contributed by atoms with Crippen molar-refractivity contribution in [3.8, 4) is 0 Å². The van der Waals surface area contributed by atoms with Crippen molar-refractivity contribution in [3.05, 3.63) is 29.8 Å². The number of urea groups is 1. The summed E-state index contributed by atoms with van der Waals surface area (Å²) in [5, 5.41) is 2.97. The van der Waals surface area contributed by atoms with E-state index < -0.39 is 17.3 Å². The zero-order valence-electron chi connectivity index (χ0n) is 17.1. The molecule has 2 aliphatic heterocycles. The highest BCUT2D eigenvalue weighted by atomic mass is 19.4. The lowest BCUT2D eigenvalue weighted by Gasteiger charge is -2.37. The zero-order chi connectivity index (χ0) is 21.5. The number of hydrogen-bond donors (Lipinski definition) is 2. The molecule has 6 nitrogen and oxygen atoms in total. The predicted molar refractivity (Wildman–Crippen MR) is 105 cm³/mol. The van der Waals surface area contributed by atoms with Crippen LogP contribution in [0.2, 0.25) is 0 Å². The minimum atomic E-state index is -4.36. The van der Waals surface area contributed by atoms with E-state index in [1.807, 2.05) is 11.8 Å². The topological polar surface area (TPSA) is 57.1 Å². The normalized spacial score (nSPS) is 28.3. The number of anilines is 1. The van der Waals surface area contributed by atoms with Crippen LogP contribution in [0, 0.1) is 5.92 Å². The molecule has 9 heteroatoms. The molecular weight excluding hydrogens is 397 g/mol. The van der Waals surface area contributed by atoms with Gasteiger partial charge in [0.25, 0.3) is 5.91 Å². The summed E-state index contributed by atoms with van der Waals surface area (Å²) >= 11 is 0. The minimum Gasteiger partial charge on any atom is -0.360 e. The van der Waals surface area contributed by atoms with Gasteiger partial charge in [0.2, 0.25) is 0 Å². The van der Waals surface area contributed by atoms with Gasteiger partial charge in [-0.25, -0.2) is 9.69 Å². The third-order valence-electron chi connectivity index (χ3n) is 6.89. The van der Waals surface area contributed by atoms with Crippen molar-refractivity contribution < 1.29 is 27.7 Å². The maximum Gasteiger partial charge on any atom is 0.416 e. The quantitative estimate of drug-likeness (QED) is 0.727. The Labute approximate surface area is 174 Å². The lowest BCUT2D eigenvalue weighted by molar-refractivity contribution is -0.907. The Morgan fingerprint density at radius 3 is 2.60 bits per heavy atom. The fraction of sp³-hybridized carbons (Fsp3) is 0.619. The van der Waals surface area contributed by atoms with Crippen molar-refractivity contribution in [1.82, 2.24) is 10.2 Å².